The fourth-order valence-corrected chi connectivity index (χ4v) is 4.98. The lowest BCUT2D eigenvalue weighted by atomic mass is 10.0. The van der Waals surface area contributed by atoms with E-state index in [9.17, 15) is 0 Å². The van der Waals surface area contributed by atoms with Gasteiger partial charge < -0.3 is 0 Å². The van der Waals surface area contributed by atoms with E-state index in [-0.39, 0.29) is 0 Å². The average Bonchev–Trinajstić information content (AvgIpc) is 2.87. The normalized spacial score (nSPS) is 11.6. The van der Waals surface area contributed by atoms with Gasteiger partial charge >= 0.3 is 0 Å². The van der Waals surface area contributed by atoms with Gasteiger partial charge in [0.15, 0.2) is 5.82 Å². The van der Waals surface area contributed by atoms with Crippen LogP contribution in [0.1, 0.15) is 142 Å². The Balaban J connectivity index is 1.54. The molecule has 2 rings (SSSR count). The minimum atomic E-state index is 0.851. The van der Waals surface area contributed by atoms with Gasteiger partial charge in [0.25, 0.3) is 0 Å². The van der Waals surface area contributed by atoms with Gasteiger partial charge in [-0.15, -0.1) is 0 Å². The number of benzene rings is 1. The Kier molecular flexibility index (Phi) is 16.5. The molecule has 0 bridgehead atoms. The summed E-state index contributed by atoms with van der Waals surface area (Å²) in [5.74, 6) is 2.57. The van der Waals surface area contributed by atoms with Crippen molar-refractivity contribution in [2.45, 2.75) is 143 Å². The molecule has 0 atom stereocenters. The third kappa shape index (κ3) is 14.8. The van der Waals surface area contributed by atoms with Crippen molar-refractivity contribution < 1.29 is 0 Å². The highest BCUT2D eigenvalue weighted by molar-refractivity contribution is 5.55. The molecule has 0 fully saturated rings. The Morgan fingerprint density at radius 3 is 1.31 bits per heavy atom. The summed E-state index contributed by atoms with van der Waals surface area (Å²) in [4.78, 5) is 9.32. The van der Waals surface area contributed by atoms with Gasteiger partial charge in [-0.25, -0.2) is 9.97 Å². The molecule has 36 heavy (non-hydrogen) atoms. The number of unbranched alkanes of at least 4 members (excludes halogenated alkanes) is 12. The highest BCUT2D eigenvalue weighted by Crippen LogP contribution is 2.19. The summed E-state index contributed by atoms with van der Waals surface area (Å²) in [6.07, 6.45) is 28.4. The van der Waals surface area contributed by atoms with E-state index in [0.29, 0.717) is 0 Å². The zero-order valence-corrected chi connectivity index (χ0v) is 24.2. The molecule has 2 nitrogen and oxygen atoms in total. The molecular formula is C34H56N2. The quantitative estimate of drug-likeness (QED) is 0.162. The first-order valence-corrected chi connectivity index (χ1v) is 15.4. The molecule has 2 aromatic rings. The van der Waals surface area contributed by atoms with E-state index in [2.05, 4.69) is 61.9 Å². The van der Waals surface area contributed by atoms with Gasteiger partial charge in [0.1, 0.15) is 0 Å². The molecule has 2 heteroatoms. The average molecular weight is 493 g/mol. The molecule has 0 unspecified atom stereocenters. The lowest BCUT2D eigenvalue weighted by Crippen LogP contribution is -1.94. The maximum absolute atomic E-state index is 4.66. The smallest absolute Gasteiger partial charge is 0.159 e. The molecule has 0 aliphatic carbocycles. The zero-order valence-electron chi connectivity index (χ0n) is 24.2. The van der Waals surface area contributed by atoms with Crippen LogP contribution in [0.3, 0.4) is 0 Å². The minimum absolute atomic E-state index is 0.851. The lowest BCUT2D eigenvalue weighted by Gasteiger charge is -2.06. The lowest BCUT2D eigenvalue weighted by molar-refractivity contribution is 0.507. The molecular weight excluding hydrogens is 436 g/mol. The van der Waals surface area contributed by atoms with Crippen molar-refractivity contribution >= 4 is 0 Å². The van der Waals surface area contributed by atoms with E-state index in [1.807, 2.05) is 12.4 Å². The molecule has 202 valence electrons. The van der Waals surface area contributed by atoms with Crippen molar-refractivity contribution in [1.82, 2.24) is 9.97 Å². The highest BCUT2D eigenvalue weighted by atomic mass is 14.9. The minimum Gasteiger partial charge on any atom is -0.236 e. The molecule has 1 aromatic carbocycles. The molecule has 0 saturated heterocycles. The first-order chi connectivity index (χ1) is 17.5. The first-order valence-electron chi connectivity index (χ1n) is 15.4. The summed E-state index contributed by atoms with van der Waals surface area (Å²) >= 11 is 0. The van der Waals surface area contributed by atoms with E-state index < -0.39 is 0 Å². The largest absolute Gasteiger partial charge is 0.236 e. The van der Waals surface area contributed by atoms with Crippen molar-refractivity contribution in [1.29, 1.82) is 0 Å². The first kappa shape index (κ1) is 30.5. The van der Waals surface area contributed by atoms with E-state index in [1.165, 1.54) is 120 Å². The molecule has 0 radical (unpaired) electrons. The number of hydrogen-bond donors (Lipinski definition) is 0. The number of hydrogen-bond acceptors (Lipinski definition) is 2. The monoisotopic (exact) mass is 492 g/mol. The Hall–Kier alpha value is -1.70. The van der Waals surface area contributed by atoms with Gasteiger partial charge in [0.05, 0.1) is 0 Å². The Morgan fingerprint density at radius 2 is 0.861 bits per heavy atom. The third-order valence-corrected chi connectivity index (χ3v) is 7.41. The Morgan fingerprint density at radius 1 is 0.472 bits per heavy atom. The summed E-state index contributed by atoms with van der Waals surface area (Å²) in [5.41, 5.74) is 3.84. The summed E-state index contributed by atoms with van der Waals surface area (Å²) in [6, 6.07) is 8.91. The van der Waals surface area contributed by atoms with Crippen LogP contribution in [0.2, 0.25) is 0 Å². The van der Waals surface area contributed by atoms with E-state index in [4.69, 9.17) is 0 Å². The van der Waals surface area contributed by atoms with Crippen LogP contribution in [0.15, 0.2) is 36.7 Å². The van der Waals surface area contributed by atoms with Gasteiger partial charge in [-0.3, -0.25) is 0 Å². The fraction of sp³-hybridized carbons (Fsp3) is 0.706. The second-order valence-corrected chi connectivity index (χ2v) is 11.9. The second-order valence-electron chi connectivity index (χ2n) is 11.9. The van der Waals surface area contributed by atoms with Crippen LogP contribution in [0.25, 0.3) is 11.4 Å². The second kappa shape index (κ2) is 19.4. The summed E-state index contributed by atoms with van der Waals surface area (Å²) in [7, 11) is 0. The standard InChI is InChI=1S/C34H56N2/c1-29(2)19-15-11-7-5-6-8-14-18-22-32-27-35-34(36-28-32)33-25-23-31(24-26-33)21-17-13-10-9-12-16-20-30(3)4/h23-30H,5-22H2,1-4H3. The van der Waals surface area contributed by atoms with Crippen LogP contribution < -0.4 is 0 Å². The van der Waals surface area contributed by atoms with Crippen LogP contribution >= 0.6 is 0 Å². The van der Waals surface area contributed by atoms with Gasteiger partial charge in [-0.2, -0.15) is 0 Å². The summed E-state index contributed by atoms with van der Waals surface area (Å²) < 4.78 is 0. The molecule has 0 aliphatic heterocycles. The number of aromatic nitrogens is 2. The highest BCUT2D eigenvalue weighted by Gasteiger charge is 2.03. The van der Waals surface area contributed by atoms with Crippen molar-refractivity contribution in [3.63, 3.8) is 0 Å². The SMILES string of the molecule is CC(C)CCCCCCCCCCc1cnc(-c2ccc(CCCCCCCCC(C)C)cc2)nc1. The van der Waals surface area contributed by atoms with Crippen LogP contribution in [0, 0.1) is 11.8 Å². The van der Waals surface area contributed by atoms with Gasteiger partial charge in [-0.05, 0) is 48.6 Å². The number of nitrogens with zero attached hydrogens (tertiary/aromatic N) is 2. The summed E-state index contributed by atoms with van der Waals surface area (Å²) in [6.45, 7) is 9.31. The van der Waals surface area contributed by atoms with Crippen molar-refractivity contribution in [2.75, 3.05) is 0 Å². The van der Waals surface area contributed by atoms with Gasteiger partial charge in [0.2, 0.25) is 0 Å². The van der Waals surface area contributed by atoms with Crippen molar-refractivity contribution in [2.24, 2.45) is 11.8 Å². The summed E-state index contributed by atoms with van der Waals surface area (Å²) in [5, 5.41) is 0. The molecule has 0 amide bonds. The number of rotatable bonds is 21. The van der Waals surface area contributed by atoms with E-state index in [0.717, 1.165) is 29.6 Å². The van der Waals surface area contributed by atoms with E-state index >= 15 is 0 Å². The third-order valence-electron chi connectivity index (χ3n) is 7.41. The van der Waals surface area contributed by atoms with Crippen molar-refractivity contribution in [3.8, 4) is 11.4 Å². The molecule has 0 N–H and O–H groups in total. The molecule has 0 spiro atoms. The molecule has 0 saturated carbocycles. The van der Waals surface area contributed by atoms with Crippen LogP contribution in [0.5, 0.6) is 0 Å². The number of aryl methyl sites for hydroxylation is 2. The Bertz CT molecular complexity index is 761. The van der Waals surface area contributed by atoms with E-state index in [1.54, 1.807) is 0 Å². The molecule has 1 aromatic heterocycles. The molecule has 0 aliphatic rings. The van der Waals surface area contributed by atoms with Crippen LogP contribution in [-0.2, 0) is 12.8 Å². The maximum atomic E-state index is 4.66. The van der Waals surface area contributed by atoms with Crippen molar-refractivity contribution in [3.05, 3.63) is 47.8 Å². The van der Waals surface area contributed by atoms with Crippen LogP contribution in [-0.4, -0.2) is 9.97 Å². The maximum Gasteiger partial charge on any atom is 0.159 e. The molecule has 1 heterocycles. The fourth-order valence-electron chi connectivity index (χ4n) is 4.98. The predicted molar refractivity (Wildman–Crippen MR) is 158 cm³/mol. The Labute approximate surface area is 224 Å². The van der Waals surface area contributed by atoms with Crippen LogP contribution in [0.4, 0.5) is 0 Å². The zero-order chi connectivity index (χ0) is 25.8. The van der Waals surface area contributed by atoms with Gasteiger partial charge in [0, 0.05) is 18.0 Å². The topological polar surface area (TPSA) is 25.8 Å². The van der Waals surface area contributed by atoms with Gasteiger partial charge in [-0.1, -0.05) is 142 Å². The predicted octanol–water partition coefficient (Wildman–Crippen LogP) is 10.8.